The fraction of sp³-hybridized carbons (Fsp3) is 0.917. The number of carbonyl (C=O) groups is 1. The summed E-state index contributed by atoms with van der Waals surface area (Å²) in [7, 11) is 0. The number of carbonyl (C=O) groups excluding carboxylic acids is 1. The highest BCUT2D eigenvalue weighted by atomic mass is 16.1. The van der Waals surface area contributed by atoms with Gasteiger partial charge in [0.15, 0.2) is 0 Å². The molecule has 0 radical (unpaired) electrons. The first-order chi connectivity index (χ1) is 7.23. The molecule has 4 nitrogen and oxygen atoms in total. The zero-order chi connectivity index (χ0) is 12.4. The van der Waals surface area contributed by atoms with Gasteiger partial charge >= 0.3 is 0 Å². The van der Waals surface area contributed by atoms with Crippen molar-refractivity contribution in [1.82, 2.24) is 10.2 Å². The van der Waals surface area contributed by atoms with Crippen molar-refractivity contribution in [2.24, 2.45) is 11.1 Å². The number of likely N-dealkylation sites (tertiary alicyclic amines) is 1. The van der Waals surface area contributed by atoms with Crippen LogP contribution in [0.25, 0.3) is 0 Å². The second kappa shape index (κ2) is 4.72. The first-order valence-electron chi connectivity index (χ1n) is 6.00. The Labute approximate surface area is 98.6 Å². The summed E-state index contributed by atoms with van der Waals surface area (Å²) in [6.45, 7) is 12.2. The minimum atomic E-state index is -0.318. The molecule has 0 aromatic rings. The van der Waals surface area contributed by atoms with Crippen LogP contribution < -0.4 is 11.1 Å². The van der Waals surface area contributed by atoms with Crippen LogP contribution in [-0.4, -0.2) is 42.5 Å². The quantitative estimate of drug-likeness (QED) is 0.738. The molecule has 1 fully saturated rings. The van der Waals surface area contributed by atoms with E-state index in [-0.39, 0.29) is 16.9 Å². The van der Waals surface area contributed by atoms with E-state index in [1.807, 2.05) is 6.92 Å². The second-order valence-electron chi connectivity index (χ2n) is 6.13. The van der Waals surface area contributed by atoms with Crippen LogP contribution in [-0.2, 0) is 4.79 Å². The number of nitrogens with zero attached hydrogens (tertiary/aromatic N) is 1. The van der Waals surface area contributed by atoms with Crippen LogP contribution in [0.5, 0.6) is 0 Å². The molecule has 0 aromatic carbocycles. The molecule has 3 N–H and O–H groups in total. The third kappa shape index (κ3) is 3.76. The van der Waals surface area contributed by atoms with Crippen LogP contribution in [0.15, 0.2) is 0 Å². The van der Waals surface area contributed by atoms with Gasteiger partial charge in [-0.2, -0.15) is 0 Å². The average Bonchev–Trinajstić information content (AvgIpc) is 2.47. The molecule has 1 aliphatic rings. The summed E-state index contributed by atoms with van der Waals surface area (Å²) in [4.78, 5) is 13.6. The Hall–Kier alpha value is -0.610. The van der Waals surface area contributed by atoms with Gasteiger partial charge in [-0.3, -0.25) is 4.79 Å². The third-order valence-electron chi connectivity index (χ3n) is 3.23. The van der Waals surface area contributed by atoms with Gasteiger partial charge in [0.05, 0.1) is 5.41 Å². The van der Waals surface area contributed by atoms with E-state index in [4.69, 9.17) is 5.73 Å². The number of hydrogen-bond donors (Lipinski definition) is 2. The third-order valence-corrected chi connectivity index (χ3v) is 3.23. The van der Waals surface area contributed by atoms with Crippen molar-refractivity contribution in [2.45, 2.75) is 39.7 Å². The highest BCUT2D eigenvalue weighted by molar-refractivity contribution is 5.81. The minimum absolute atomic E-state index is 0.159. The van der Waals surface area contributed by atoms with Gasteiger partial charge in [-0.15, -0.1) is 0 Å². The topological polar surface area (TPSA) is 58.4 Å². The molecule has 94 valence electrons. The van der Waals surface area contributed by atoms with E-state index < -0.39 is 0 Å². The number of primary amides is 1. The maximum Gasteiger partial charge on any atom is 0.224 e. The molecule has 1 atom stereocenters. The molecule has 1 amide bonds. The monoisotopic (exact) mass is 227 g/mol. The highest BCUT2D eigenvalue weighted by Gasteiger charge is 2.38. The molecule has 4 heteroatoms. The van der Waals surface area contributed by atoms with Crippen molar-refractivity contribution in [2.75, 3.05) is 26.2 Å². The fourth-order valence-corrected chi connectivity index (χ4v) is 2.04. The van der Waals surface area contributed by atoms with E-state index in [1.165, 1.54) is 0 Å². The molecular weight excluding hydrogens is 202 g/mol. The lowest BCUT2D eigenvalue weighted by Crippen LogP contribution is -2.42. The highest BCUT2D eigenvalue weighted by Crippen LogP contribution is 2.28. The van der Waals surface area contributed by atoms with Crippen LogP contribution in [0.3, 0.4) is 0 Å². The number of rotatable bonds is 4. The Balaban J connectivity index is 2.30. The van der Waals surface area contributed by atoms with Crippen molar-refractivity contribution in [3.05, 3.63) is 0 Å². The van der Waals surface area contributed by atoms with Crippen molar-refractivity contribution >= 4 is 5.91 Å². The Morgan fingerprint density at radius 1 is 1.50 bits per heavy atom. The van der Waals surface area contributed by atoms with Crippen molar-refractivity contribution in [3.8, 4) is 0 Å². The molecule has 1 aliphatic heterocycles. The maximum atomic E-state index is 11.3. The molecule has 0 spiro atoms. The van der Waals surface area contributed by atoms with E-state index in [0.29, 0.717) is 0 Å². The number of nitrogens with two attached hydrogens (primary N) is 1. The van der Waals surface area contributed by atoms with Crippen LogP contribution in [0.4, 0.5) is 0 Å². The summed E-state index contributed by atoms with van der Waals surface area (Å²) >= 11 is 0. The van der Waals surface area contributed by atoms with Crippen molar-refractivity contribution in [3.63, 3.8) is 0 Å². The van der Waals surface area contributed by atoms with E-state index in [9.17, 15) is 4.79 Å². The number of hydrogen-bond acceptors (Lipinski definition) is 3. The lowest BCUT2D eigenvalue weighted by molar-refractivity contribution is -0.126. The largest absolute Gasteiger partial charge is 0.369 e. The van der Waals surface area contributed by atoms with Gasteiger partial charge in [0, 0.05) is 25.2 Å². The molecule has 0 aliphatic carbocycles. The normalized spacial score (nSPS) is 27.2. The first-order valence-corrected chi connectivity index (χ1v) is 6.00. The molecular formula is C12H25N3O. The summed E-state index contributed by atoms with van der Waals surface area (Å²) in [5.74, 6) is -0.168. The fourth-order valence-electron chi connectivity index (χ4n) is 2.04. The summed E-state index contributed by atoms with van der Waals surface area (Å²) in [5.41, 5.74) is 5.25. The molecule has 1 saturated heterocycles. The molecule has 1 rings (SSSR count). The van der Waals surface area contributed by atoms with Gasteiger partial charge in [-0.25, -0.2) is 0 Å². The molecule has 0 aromatic heterocycles. The summed E-state index contributed by atoms with van der Waals surface area (Å²) in [6, 6.07) is 0. The summed E-state index contributed by atoms with van der Waals surface area (Å²) < 4.78 is 0. The Morgan fingerprint density at radius 2 is 2.12 bits per heavy atom. The molecule has 16 heavy (non-hydrogen) atoms. The number of amides is 1. The van der Waals surface area contributed by atoms with E-state index in [0.717, 1.165) is 32.6 Å². The van der Waals surface area contributed by atoms with Gasteiger partial charge in [0.2, 0.25) is 5.91 Å². The smallest absolute Gasteiger partial charge is 0.224 e. The first kappa shape index (κ1) is 13.5. The molecule has 1 heterocycles. The predicted molar refractivity (Wildman–Crippen MR) is 66.1 cm³/mol. The van der Waals surface area contributed by atoms with Crippen LogP contribution in [0, 0.1) is 5.41 Å². The van der Waals surface area contributed by atoms with E-state index in [2.05, 4.69) is 31.0 Å². The SMILES string of the molecule is CC(C)(C)NCCN1CCC(C)(C(N)=O)C1. The van der Waals surface area contributed by atoms with Gasteiger partial charge in [0.1, 0.15) is 0 Å². The lowest BCUT2D eigenvalue weighted by atomic mass is 9.89. The Morgan fingerprint density at radius 3 is 2.56 bits per heavy atom. The van der Waals surface area contributed by atoms with Gasteiger partial charge < -0.3 is 16.0 Å². The maximum absolute atomic E-state index is 11.3. The van der Waals surface area contributed by atoms with Gasteiger partial charge in [-0.1, -0.05) is 0 Å². The van der Waals surface area contributed by atoms with Crippen molar-refractivity contribution in [1.29, 1.82) is 0 Å². The molecule has 0 bridgehead atoms. The van der Waals surface area contributed by atoms with Crippen LogP contribution in [0.1, 0.15) is 34.1 Å². The molecule has 1 unspecified atom stereocenters. The van der Waals surface area contributed by atoms with Gasteiger partial charge in [-0.05, 0) is 40.7 Å². The zero-order valence-electron chi connectivity index (χ0n) is 11.0. The minimum Gasteiger partial charge on any atom is -0.369 e. The summed E-state index contributed by atoms with van der Waals surface area (Å²) in [6.07, 6.45) is 0.887. The van der Waals surface area contributed by atoms with E-state index in [1.54, 1.807) is 0 Å². The van der Waals surface area contributed by atoms with Gasteiger partial charge in [0.25, 0.3) is 0 Å². The molecule has 0 saturated carbocycles. The van der Waals surface area contributed by atoms with E-state index >= 15 is 0 Å². The van der Waals surface area contributed by atoms with Crippen LogP contribution in [0.2, 0.25) is 0 Å². The zero-order valence-corrected chi connectivity index (χ0v) is 11.0. The average molecular weight is 227 g/mol. The van der Waals surface area contributed by atoms with Crippen molar-refractivity contribution < 1.29 is 4.79 Å². The standard InChI is InChI=1S/C12H25N3O/c1-11(2,3)14-6-8-15-7-5-12(4,9-15)10(13)16/h14H,5-9H2,1-4H3,(H2,13,16). The number of nitrogens with one attached hydrogen (secondary N) is 1. The predicted octanol–water partition coefficient (Wildman–Crippen LogP) is 0.572. The summed E-state index contributed by atoms with van der Waals surface area (Å²) in [5, 5.41) is 3.45. The Bertz CT molecular complexity index is 259. The Kier molecular flexibility index (Phi) is 3.97. The van der Waals surface area contributed by atoms with Crippen LogP contribution >= 0.6 is 0 Å². The second-order valence-corrected chi connectivity index (χ2v) is 6.13. The lowest BCUT2D eigenvalue weighted by Gasteiger charge is -2.24.